The number of hydrazine groups is 3. The van der Waals surface area contributed by atoms with Crippen LogP contribution in [-0.4, -0.2) is 16.5 Å². The van der Waals surface area contributed by atoms with Gasteiger partial charge in [0.2, 0.25) is 0 Å². The van der Waals surface area contributed by atoms with Crippen LogP contribution in [-0.2, 0) is 0 Å². The van der Waals surface area contributed by atoms with Gasteiger partial charge in [0.15, 0.2) is 5.82 Å². The molecule has 0 bridgehead atoms. The maximum atomic E-state index is 4.06. The molecular weight excluding hydrogens is 252 g/mol. The second kappa shape index (κ2) is 12.8. The molecule has 6 nitrogen and oxygen atoms in total. The average Bonchev–Trinajstić information content (AvgIpc) is 2.49. The molecule has 0 radical (unpaired) electrons. The lowest BCUT2D eigenvalue weighted by molar-refractivity contribution is 0.449. The second-order valence-corrected chi connectivity index (χ2v) is 4.87. The van der Waals surface area contributed by atoms with Crippen LogP contribution in [0.3, 0.4) is 0 Å². The van der Waals surface area contributed by atoms with Gasteiger partial charge in [-0.15, -0.1) is 0 Å². The maximum absolute atomic E-state index is 4.06. The van der Waals surface area contributed by atoms with Crippen LogP contribution < -0.4 is 21.9 Å². The van der Waals surface area contributed by atoms with E-state index in [9.17, 15) is 0 Å². The lowest BCUT2D eigenvalue weighted by atomic mass is 10.1. The summed E-state index contributed by atoms with van der Waals surface area (Å²) in [6, 6.07) is 0. The van der Waals surface area contributed by atoms with Crippen molar-refractivity contribution in [3.8, 4) is 0 Å². The summed E-state index contributed by atoms with van der Waals surface area (Å²) >= 11 is 0. The van der Waals surface area contributed by atoms with Crippen molar-refractivity contribution >= 4 is 5.82 Å². The van der Waals surface area contributed by atoms with E-state index in [2.05, 4.69) is 38.8 Å². The number of unbranched alkanes of at least 4 members (excludes halogenated alkanes) is 7. The number of hydrogen-bond acceptors (Lipinski definition) is 6. The highest BCUT2D eigenvalue weighted by Crippen LogP contribution is 2.07. The minimum absolute atomic E-state index is 0.675. The molecule has 0 fully saturated rings. The van der Waals surface area contributed by atoms with Crippen molar-refractivity contribution in [3.05, 3.63) is 18.6 Å². The number of anilines is 1. The van der Waals surface area contributed by atoms with Crippen LogP contribution >= 0.6 is 0 Å². The molecule has 0 aliphatic heterocycles. The van der Waals surface area contributed by atoms with Gasteiger partial charge in [-0.25, -0.2) is 10.4 Å². The van der Waals surface area contributed by atoms with Crippen LogP contribution in [0.5, 0.6) is 0 Å². The third kappa shape index (κ3) is 9.66. The minimum atomic E-state index is 0.675. The first-order valence-corrected chi connectivity index (χ1v) is 7.68. The molecule has 0 aliphatic carbocycles. The zero-order valence-electron chi connectivity index (χ0n) is 12.5. The van der Waals surface area contributed by atoms with E-state index >= 15 is 0 Å². The van der Waals surface area contributed by atoms with Gasteiger partial charge in [-0.3, -0.25) is 10.4 Å². The maximum Gasteiger partial charge on any atom is 0.159 e. The van der Waals surface area contributed by atoms with Crippen LogP contribution in [0, 0.1) is 0 Å². The summed E-state index contributed by atoms with van der Waals surface area (Å²) in [5.41, 5.74) is 11.7. The summed E-state index contributed by atoms with van der Waals surface area (Å²) in [5, 5.41) is 0. The number of nitrogens with one attached hydrogen (secondary N) is 4. The van der Waals surface area contributed by atoms with Crippen LogP contribution in [0.4, 0.5) is 5.82 Å². The van der Waals surface area contributed by atoms with Crippen LogP contribution in [0.1, 0.15) is 58.3 Å². The van der Waals surface area contributed by atoms with E-state index in [0.717, 1.165) is 6.54 Å². The molecule has 0 saturated heterocycles. The van der Waals surface area contributed by atoms with Crippen molar-refractivity contribution in [2.75, 3.05) is 12.0 Å². The molecule has 4 N–H and O–H groups in total. The third-order valence-electron chi connectivity index (χ3n) is 3.06. The molecule has 1 aromatic heterocycles. The summed E-state index contributed by atoms with van der Waals surface area (Å²) in [7, 11) is 0. The monoisotopic (exact) mass is 280 g/mol. The summed E-state index contributed by atoms with van der Waals surface area (Å²) < 4.78 is 0. The van der Waals surface area contributed by atoms with Gasteiger partial charge in [0, 0.05) is 18.9 Å². The van der Waals surface area contributed by atoms with Gasteiger partial charge < -0.3 is 0 Å². The first-order chi connectivity index (χ1) is 9.93. The molecule has 20 heavy (non-hydrogen) atoms. The standard InChI is InChI=1S/C14H28N6/c1-2-3-4-5-6-7-8-9-10-17-19-20-18-14-13-15-11-12-16-14/h11-13,17,19-20H,2-10H2,1H3,(H,16,18). The lowest BCUT2D eigenvalue weighted by Gasteiger charge is -2.09. The smallest absolute Gasteiger partial charge is 0.159 e. The highest BCUT2D eigenvalue weighted by atomic mass is 15.7. The van der Waals surface area contributed by atoms with E-state index in [4.69, 9.17) is 0 Å². The fraction of sp³-hybridized carbons (Fsp3) is 0.714. The first kappa shape index (κ1) is 16.8. The molecule has 6 heteroatoms. The molecule has 0 aromatic carbocycles. The molecule has 0 spiro atoms. The van der Waals surface area contributed by atoms with Crippen molar-refractivity contribution in [1.29, 1.82) is 0 Å². The van der Waals surface area contributed by atoms with E-state index in [1.54, 1.807) is 18.6 Å². The number of rotatable bonds is 13. The number of hydrogen-bond donors (Lipinski definition) is 4. The van der Waals surface area contributed by atoms with E-state index in [1.807, 2.05) is 0 Å². The molecule has 0 aliphatic rings. The van der Waals surface area contributed by atoms with Crippen molar-refractivity contribution in [2.45, 2.75) is 58.3 Å². The highest BCUT2D eigenvalue weighted by Gasteiger charge is 1.92. The van der Waals surface area contributed by atoms with Crippen LogP contribution in [0.15, 0.2) is 18.6 Å². The molecule has 0 saturated carbocycles. The Hall–Kier alpha value is -1.24. The zero-order valence-corrected chi connectivity index (χ0v) is 12.5. The molecule has 1 heterocycles. The minimum Gasteiger partial charge on any atom is -0.290 e. The number of aromatic nitrogens is 2. The SMILES string of the molecule is CCCCCCCCCCNNNNc1cnccn1. The van der Waals surface area contributed by atoms with Crippen molar-refractivity contribution in [1.82, 2.24) is 26.5 Å². The van der Waals surface area contributed by atoms with Gasteiger partial charge in [-0.05, 0) is 6.42 Å². The van der Waals surface area contributed by atoms with Gasteiger partial charge in [0.25, 0.3) is 0 Å². The lowest BCUT2D eigenvalue weighted by Crippen LogP contribution is -2.46. The van der Waals surface area contributed by atoms with Gasteiger partial charge in [-0.1, -0.05) is 51.9 Å². The fourth-order valence-electron chi connectivity index (χ4n) is 1.91. The van der Waals surface area contributed by atoms with Crippen molar-refractivity contribution in [2.24, 2.45) is 0 Å². The predicted molar refractivity (Wildman–Crippen MR) is 82.5 cm³/mol. The third-order valence-corrected chi connectivity index (χ3v) is 3.06. The average molecular weight is 280 g/mol. The largest absolute Gasteiger partial charge is 0.290 e. The molecule has 0 amide bonds. The van der Waals surface area contributed by atoms with Gasteiger partial charge in [-0.2, -0.15) is 11.1 Å². The van der Waals surface area contributed by atoms with E-state index in [1.165, 1.54) is 51.4 Å². The molecule has 1 aromatic rings. The fourth-order valence-corrected chi connectivity index (χ4v) is 1.91. The summed E-state index contributed by atoms with van der Waals surface area (Å²) in [4.78, 5) is 8.01. The Labute approximate surface area is 122 Å². The summed E-state index contributed by atoms with van der Waals surface area (Å²) in [5.74, 6) is 0.675. The Morgan fingerprint density at radius 3 is 2.35 bits per heavy atom. The zero-order chi connectivity index (χ0) is 14.3. The first-order valence-electron chi connectivity index (χ1n) is 7.68. The van der Waals surface area contributed by atoms with Crippen molar-refractivity contribution < 1.29 is 0 Å². The van der Waals surface area contributed by atoms with Gasteiger partial charge in [0.1, 0.15) is 0 Å². The Morgan fingerprint density at radius 2 is 1.65 bits per heavy atom. The molecule has 1 rings (SSSR count). The highest BCUT2D eigenvalue weighted by molar-refractivity contribution is 5.27. The Balaban J connectivity index is 1.77. The normalized spacial score (nSPS) is 10.7. The Bertz CT molecular complexity index is 306. The number of nitrogens with zero attached hydrogens (tertiary/aromatic N) is 2. The predicted octanol–water partition coefficient (Wildman–Crippen LogP) is 2.54. The topological polar surface area (TPSA) is 73.9 Å². The van der Waals surface area contributed by atoms with E-state index < -0.39 is 0 Å². The molecule has 0 unspecified atom stereocenters. The van der Waals surface area contributed by atoms with Crippen LogP contribution in [0.2, 0.25) is 0 Å². The van der Waals surface area contributed by atoms with Crippen molar-refractivity contribution in [3.63, 3.8) is 0 Å². The Morgan fingerprint density at radius 1 is 0.900 bits per heavy atom. The van der Waals surface area contributed by atoms with E-state index in [-0.39, 0.29) is 0 Å². The van der Waals surface area contributed by atoms with Gasteiger partial charge >= 0.3 is 0 Å². The van der Waals surface area contributed by atoms with E-state index in [0.29, 0.717) is 5.82 Å². The quantitative estimate of drug-likeness (QED) is 0.329. The Kier molecular flexibility index (Phi) is 10.7. The summed E-state index contributed by atoms with van der Waals surface area (Å²) in [6.45, 7) is 3.20. The summed E-state index contributed by atoms with van der Waals surface area (Å²) in [6.07, 6.45) is 15.6. The molecule has 0 atom stereocenters. The van der Waals surface area contributed by atoms with Gasteiger partial charge in [0.05, 0.1) is 6.20 Å². The molecular formula is C14H28N6. The van der Waals surface area contributed by atoms with Crippen LogP contribution in [0.25, 0.3) is 0 Å². The second-order valence-electron chi connectivity index (χ2n) is 4.87. The molecule has 114 valence electrons.